The Morgan fingerprint density at radius 1 is 1.18 bits per heavy atom. The first-order valence-corrected chi connectivity index (χ1v) is 7.47. The lowest BCUT2D eigenvalue weighted by atomic mass is 10.2. The van der Waals surface area contributed by atoms with Gasteiger partial charge in [-0.2, -0.15) is 0 Å². The van der Waals surface area contributed by atoms with Gasteiger partial charge in [0.15, 0.2) is 0 Å². The molecule has 0 atom stereocenters. The van der Waals surface area contributed by atoms with Gasteiger partial charge in [-0.15, -0.1) is 0 Å². The summed E-state index contributed by atoms with van der Waals surface area (Å²) in [5.41, 5.74) is 1.42. The second-order valence-corrected chi connectivity index (χ2v) is 5.60. The van der Waals surface area contributed by atoms with Crippen LogP contribution in [0.2, 0.25) is 0 Å². The number of ether oxygens (including phenoxy) is 1. The van der Waals surface area contributed by atoms with Gasteiger partial charge < -0.3 is 9.72 Å². The molecule has 0 aliphatic rings. The minimum atomic E-state index is -0.147. The number of aromatic nitrogens is 2. The van der Waals surface area contributed by atoms with Crippen molar-refractivity contribution in [3.63, 3.8) is 0 Å². The van der Waals surface area contributed by atoms with Crippen molar-refractivity contribution in [1.29, 1.82) is 0 Å². The van der Waals surface area contributed by atoms with Crippen LogP contribution in [0, 0.1) is 0 Å². The fourth-order valence-electron chi connectivity index (χ4n) is 2.19. The number of nitrogens with zero attached hydrogens (tertiary/aromatic N) is 1. The Kier molecular flexibility index (Phi) is 4.06. The average molecular weight is 357 g/mol. The van der Waals surface area contributed by atoms with Crippen molar-refractivity contribution >= 4 is 39.0 Å². The molecule has 110 valence electrons. The molecule has 3 aromatic rings. The van der Waals surface area contributed by atoms with Gasteiger partial charge in [0, 0.05) is 10.0 Å². The van der Waals surface area contributed by atoms with Crippen LogP contribution in [-0.4, -0.2) is 17.1 Å². The summed E-state index contributed by atoms with van der Waals surface area (Å²) in [6.07, 6.45) is 3.62. The molecular formula is C17H13BrN2O2. The van der Waals surface area contributed by atoms with Gasteiger partial charge in [0.1, 0.15) is 11.6 Å². The Balaban J connectivity index is 2.03. The second-order valence-electron chi connectivity index (χ2n) is 4.69. The van der Waals surface area contributed by atoms with Gasteiger partial charge in [0.2, 0.25) is 0 Å². The van der Waals surface area contributed by atoms with Crippen LogP contribution in [-0.2, 0) is 0 Å². The first-order valence-electron chi connectivity index (χ1n) is 6.68. The molecular weight excluding hydrogens is 344 g/mol. The van der Waals surface area contributed by atoms with E-state index in [1.165, 1.54) is 0 Å². The minimum Gasteiger partial charge on any atom is -0.496 e. The Hall–Kier alpha value is -2.40. The summed E-state index contributed by atoms with van der Waals surface area (Å²) in [5, 5.41) is 0.583. The predicted molar refractivity (Wildman–Crippen MR) is 92.0 cm³/mol. The largest absolute Gasteiger partial charge is 0.496 e. The van der Waals surface area contributed by atoms with Gasteiger partial charge in [-0.1, -0.05) is 28.1 Å². The van der Waals surface area contributed by atoms with E-state index in [0.717, 1.165) is 15.8 Å². The molecule has 1 aromatic heterocycles. The number of H-pyrrole nitrogens is 1. The van der Waals surface area contributed by atoms with Gasteiger partial charge in [-0.25, -0.2) is 4.98 Å². The highest BCUT2D eigenvalue weighted by molar-refractivity contribution is 9.10. The number of halogens is 1. The van der Waals surface area contributed by atoms with Crippen LogP contribution in [0.25, 0.3) is 23.1 Å². The number of nitrogens with one attached hydrogen (secondary N) is 1. The molecule has 0 saturated carbocycles. The van der Waals surface area contributed by atoms with Gasteiger partial charge in [-0.05, 0) is 42.5 Å². The maximum Gasteiger partial charge on any atom is 0.259 e. The van der Waals surface area contributed by atoms with Crippen molar-refractivity contribution in [1.82, 2.24) is 9.97 Å². The van der Waals surface area contributed by atoms with Crippen LogP contribution < -0.4 is 10.3 Å². The molecule has 0 spiro atoms. The zero-order valence-corrected chi connectivity index (χ0v) is 13.4. The van der Waals surface area contributed by atoms with Crippen LogP contribution in [0.15, 0.2) is 51.7 Å². The quantitative estimate of drug-likeness (QED) is 0.774. The van der Waals surface area contributed by atoms with E-state index in [4.69, 9.17) is 4.74 Å². The summed E-state index contributed by atoms with van der Waals surface area (Å²) in [4.78, 5) is 19.2. The Morgan fingerprint density at radius 3 is 2.82 bits per heavy atom. The predicted octanol–water partition coefficient (Wildman–Crippen LogP) is 3.86. The van der Waals surface area contributed by atoms with Crippen molar-refractivity contribution in [2.45, 2.75) is 0 Å². The van der Waals surface area contributed by atoms with Crippen LogP contribution in [0.5, 0.6) is 5.75 Å². The number of hydrogen-bond donors (Lipinski definition) is 1. The molecule has 1 heterocycles. The van der Waals surface area contributed by atoms with Crippen molar-refractivity contribution in [3.05, 3.63) is 68.7 Å². The zero-order valence-electron chi connectivity index (χ0n) is 11.8. The van der Waals surface area contributed by atoms with Gasteiger partial charge in [0.25, 0.3) is 5.56 Å². The zero-order chi connectivity index (χ0) is 15.5. The van der Waals surface area contributed by atoms with E-state index in [1.807, 2.05) is 42.5 Å². The van der Waals surface area contributed by atoms with Crippen LogP contribution in [0.1, 0.15) is 11.4 Å². The van der Waals surface area contributed by atoms with Gasteiger partial charge in [0.05, 0.1) is 18.0 Å². The number of para-hydroxylation sites is 1. The van der Waals surface area contributed by atoms with Crippen molar-refractivity contribution in [2.24, 2.45) is 0 Å². The van der Waals surface area contributed by atoms with E-state index in [1.54, 1.807) is 19.3 Å². The molecule has 3 rings (SSSR count). The highest BCUT2D eigenvalue weighted by Crippen LogP contribution is 2.24. The summed E-state index contributed by atoms with van der Waals surface area (Å²) in [7, 11) is 1.62. The van der Waals surface area contributed by atoms with Gasteiger partial charge in [-0.3, -0.25) is 4.79 Å². The normalized spacial score (nSPS) is 11.2. The summed E-state index contributed by atoms with van der Waals surface area (Å²) >= 11 is 3.43. The van der Waals surface area contributed by atoms with E-state index in [0.29, 0.717) is 16.7 Å². The number of benzene rings is 2. The molecule has 5 heteroatoms. The molecule has 0 aliphatic heterocycles. The van der Waals surface area contributed by atoms with E-state index < -0.39 is 0 Å². The first kappa shape index (κ1) is 14.5. The van der Waals surface area contributed by atoms with Crippen molar-refractivity contribution in [3.8, 4) is 5.75 Å². The molecule has 0 fully saturated rings. The molecule has 0 saturated heterocycles. The molecule has 0 radical (unpaired) electrons. The fraction of sp³-hybridized carbons (Fsp3) is 0.0588. The molecule has 0 aliphatic carbocycles. The maximum atomic E-state index is 12.0. The molecule has 1 N–H and O–H groups in total. The van der Waals surface area contributed by atoms with Crippen LogP contribution >= 0.6 is 15.9 Å². The fourth-order valence-corrected chi connectivity index (χ4v) is 2.57. The van der Waals surface area contributed by atoms with Gasteiger partial charge >= 0.3 is 0 Å². The summed E-state index contributed by atoms with van der Waals surface area (Å²) in [5.74, 6) is 1.26. The molecule has 4 nitrogen and oxygen atoms in total. The van der Waals surface area contributed by atoms with E-state index in [9.17, 15) is 4.79 Å². The summed E-state index contributed by atoms with van der Waals surface area (Å²) in [6, 6.07) is 13.0. The Morgan fingerprint density at radius 2 is 2.00 bits per heavy atom. The monoisotopic (exact) mass is 356 g/mol. The first-order chi connectivity index (χ1) is 10.7. The second kappa shape index (κ2) is 6.15. The maximum absolute atomic E-state index is 12.0. The highest BCUT2D eigenvalue weighted by atomic mass is 79.9. The molecule has 0 amide bonds. The molecule has 0 unspecified atom stereocenters. The Bertz CT molecular complexity index is 916. The standard InChI is InChI=1S/C17H13BrN2O2/c1-22-15-8-7-12(18)10-11(15)6-9-16-19-14-5-3-2-4-13(14)17(21)20-16/h2-10H,1H3,(H,19,20,21)/b9-6+. The summed E-state index contributed by atoms with van der Waals surface area (Å²) in [6.45, 7) is 0. The molecule has 0 bridgehead atoms. The SMILES string of the molecule is COc1ccc(Br)cc1/C=C/c1nc2ccccc2c(=O)[nH]1. The lowest BCUT2D eigenvalue weighted by Gasteiger charge is -2.05. The third kappa shape index (κ3) is 2.94. The van der Waals surface area contributed by atoms with Crippen molar-refractivity contribution < 1.29 is 4.74 Å². The molecule has 2 aromatic carbocycles. The van der Waals surface area contributed by atoms with Crippen LogP contribution in [0.3, 0.4) is 0 Å². The number of methoxy groups -OCH3 is 1. The average Bonchev–Trinajstić information content (AvgIpc) is 2.53. The van der Waals surface area contributed by atoms with Crippen molar-refractivity contribution in [2.75, 3.05) is 7.11 Å². The number of rotatable bonds is 3. The topological polar surface area (TPSA) is 55.0 Å². The highest BCUT2D eigenvalue weighted by Gasteiger charge is 2.03. The van der Waals surface area contributed by atoms with Crippen LogP contribution in [0.4, 0.5) is 0 Å². The number of aromatic amines is 1. The third-order valence-electron chi connectivity index (χ3n) is 3.24. The number of fused-ring (bicyclic) bond motifs is 1. The lowest BCUT2D eigenvalue weighted by molar-refractivity contribution is 0.414. The molecule has 22 heavy (non-hydrogen) atoms. The smallest absolute Gasteiger partial charge is 0.259 e. The third-order valence-corrected chi connectivity index (χ3v) is 3.74. The van der Waals surface area contributed by atoms with E-state index in [2.05, 4.69) is 25.9 Å². The lowest BCUT2D eigenvalue weighted by Crippen LogP contribution is -2.09. The van der Waals surface area contributed by atoms with E-state index in [-0.39, 0.29) is 5.56 Å². The Labute approximate surface area is 135 Å². The van der Waals surface area contributed by atoms with E-state index >= 15 is 0 Å². The number of hydrogen-bond acceptors (Lipinski definition) is 3. The minimum absolute atomic E-state index is 0.147. The summed E-state index contributed by atoms with van der Waals surface area (Å²) < 4.78 is 6.27.